The summed E-state index contributed by atoms with van der Waals surface area (Å²) >= 11 is 0. The van der Waals surface area contributed by atoms with Crippen molar-refractivity contribution in [3.8, 4) is 0 Å². The largest absolute Gasteiger partial charge is 0.378 e. The van der Waals surface area contributed by atoms with Crippen LogP contribution in [0.15, 0.2) is 0 Å². The Labute approximate surface area is 111 Å². The second-order valence-electron chi connectivity index (χ2n) is 5.37. The van der Waals surface area contributed by atoms with Crippen molar-refractivity contribution in [3.63, 3.8) is 0 Å². The van der Waals surface area contributed by atoms with Gasteiger partial charge in [0.05, 0.1) is 6.10 Å². The molecule has 1 rings (SSSR count). The molecule has 0 aromatic rings. The Bertz CT molecular complexity index is 246. The van der Waals surface area contributed by atoms with Crippen LogP contribution < -0.4 is 11.1 Å². The Morgan fingerprint density at radius 3 is 2.67 bits per heavy atom. The van der Waals surface area contributed by atoms with Gasteiger partial charge in [-0.25, -0.2) is 0 Å². The van der Waals surface area contributed by atoms with Gasteiger partial charge in [-0.1, -0.05) is 13.8 Å². The van der Waals surface area contributed by atoms with Crippen molar-refractivity contribution in [1.82, 2.24) is 5.32 Å². The Kier molecular flexibility index (Phi) is 6.65. The van der Waals surface area contributed by atoms with Gasteiger partial charge in [-0.3, -0.25) is 4.79 Å². The van der Waals surface area contributed by atoms with Crippen molar-refractivity contribution in [2.24, 2.45) is 5.73 Å². The highest BCUT2D eigenvalue weighted by Crippen LogP contribution is 2.17. The van der Waals surface area contributed by atoms with Crippen LogP contribution in [0, 0.1) is 0 Å². The molecule has 4 nitrogen and oxygen atoms in total. The minimum atomic E-state index is -0.253. The van der Waals surface area contributed by atoms with Gasteiger partial charge in [0.25, 0.3) is 0 Å². The molecule has 0 aliphatic carbocycles. The lowest BCUT2D eigenvalue weighted by Gasteiger charge is -2.27. The van der Waals surface area contributed by atoms with Crippen LogP contribution in [0.5, 0.6) is 0 Å². The normalized spacial score (nSPS) is 20.7. The number of hydrogen-bond donors (Lipinski definition) is 2. The summed E-state index contributed by atoms with van der Waals surface area (Å²) in [5.74, 6) is 0.0981. The van der Waals surface area contributed by atoms with Gasteiger partial charge in [0.1, 0.15) is 0 Å². The summed E-state index contributed by atoms with van der Waals surface area (Å²) in [4.78, 5) is 11.7. The zero-order chi connectivity index (χ0) is 13.4. The maximum absolute atomic E-state index is 11.7. The molecule has 106 valence electrons. The highest BCUT2D eigenvalue weighted by molar-refractivity contribution is 5.75. The van der Waals surface area contributed by atoms with E-state index in [1.54, 1.807) is 0 Å². The number of hydrogen-bond acceptors (Lipinski definition) is 3. The number of amides is 1. The van der Waals surface area contributed by atoms with Crippen LogP contribution in [0.2, 0.25) is 0 Å². The summed E-state index contributed by atoms with van der Waals surface area (Å²) < 4.78 is 5.61. The number of ether oxygens (including phenoxy) is 1. The second-order valence-corrected chi connectivity index (χ2v) is 5.37. The molecule has 1 aliphatic rings. The summed E-state index contributed by atoms with van der Waals surface area (Å²) in [7, 11) is 0. The van der Waals surface area contributed by atoms with Gasteiger partial charge in [-0.05, 0) is 38.5 Å². The molecule has 0 radical (unpaired) electrons. The standard InChI is InChI=1S/C14H28N2O2/c1-3-14(15,4-2)11-16-13(17)9-8-12-7-5-6-10-18-12/h12H,3-11,15H2,1-2H3,(H,16,17). The maximum atomic E-state index is 11.7. The van der Waals surface area contributed by atoms with Crippen LogP contribution >= 0.6 is 0 Å². The molecule has 0 bridgehead atoms. The maximum Gasteiger partial charge on any atom is 0.220 e. The van der Waals surface area contributed by atoms with Gasteiger partial charge in [0, 0.05) is 25.1 Å². The number of carbonyl (C=O) groups excluding carboxylic acids is 1. The highest BCUT2D eigenvalue weighted by atomic mass is 16.5. The van der Waals surface area contributed by atoms with Crippen LogP contribution in [0.3, 0.4) is 0 Å². The topological polar surface area (TPSA) is 64.3 Å². The molecule has 1 unspecified atom stereocenters. The first-order valence-corrected chi connectivity index (χ1v) is 7.27. The van der Waals surface area contributed by atoms with Crippen LogP contribution in [0.25, 0.3) is 0 Å². The second kappa shape index (κ2) is 7.74. The average Bonchev–Trinajstić information content (AvgIpc) is 2.43. The van der Waals surface area contributed by atoms with E-state index in [4.69, 9.17) is 10.5 Å². The van der Waals surface area contributed by atoms with Crippen LogP contribution in [-0.2, 0) is 9.53 Å². The molecule has 3 N–H and O–H groups in total. The lowest BCUT2D eigenvalue weighted by Crippen LogP contribution is -2.49. The van der Waals surface area contributed by atoms with Crippen molar-refractivity contribution in [1.29, 1.82) is 0 Å². The number of nitrogens with two attached hydrogens (primary N) is 1. The molecule has 1 heterocycles. The van der Waals surface area contributed by atoms with Gasteiger partial charge in [0.2, 0.25) is 5.91 Å². The summed E-state index contributed by atoms with van der Waals surface area (Å²) in [6.45, 7) is 5.55. The number of carbonyl (C=O) groups is 1. The summed E-state index contributed by atoms with van der Waals surface area (Å²) in [5.41, 5.74) is 5.89. The molecule has 1 aliphatic heterocycles. The van der Waals surface area contributed by atoms with E-state index < -0.39 is 0 Å². The quantitative estimate of drug-likeness (QED) is 0.732. The van der Waals surface area contributed by atoms with Crippen molar-refractivity contribution >= 4 is 5.91 Å². The summed E-state index contributed by atoms with van der Waals surface area (Å²) in [6.07, 6.45) is 6.92. The highest BCUT2D eigenvalue weighted by Gasteiger charge is 2.21. The van der Waals surface area contributed by atoms with Crippen LogP contribution in [0.1, 0.15) is 58.8 Å². The smallest absolute Gasteiger partial charge is 0.220 e. The Hall–Kier alpha value is -0.610. The van der Waals surface area contributed by atoms with E-state index in [1.165, 1.54) is 6.42 Å². The summed E-state index contributed by atoms with van der Waals surface area (Å²) in [6, 6.07) is 0. The first kappa shape index (κ1) is 15.4. The fourth-order valence-corrected chi connectivity index (χ4v) is 2.19. The van der Waals surface area contributed by atoms with Gasteiger partial charge < -0.3 is 15.8 Å². The lowest BCUT2D eigenvalue weighted by molar-refractivity contribution is -0.122. The molecule has 1 atom stereocenters. The molecule has 1 amide bonds. The minimum absolute atomic E-state index is 0.0981. The average molecular weight is 256 g/mol. The molecule has 0 aromatic carbocycles. The molecular weight excluding hydrogens is 228 g/mol. The predicted octanol–water partition coefficient (Wildman–Crippen LogP) is 1.97. The third-order valence-corrected chi connectivity index (χ3v) is 4.01. The zero-order valence-electron chi connectivity index (χ0n) is 11.8. The molecular formula is C14H28N2O2. The van der Waals surface area contributed by atoms with Crippen molar-refractivity contribution < 1.29 is 9.53 Å². The van der Waals surface area contributed by atoms with E-state index in [1.807, 2.05) is 0 Å². The van der Waals surface area contributed by atoms with E-state index in [9.17, 15) is 4.79 Å². The predicted molar refractivity (Wildman–Crippen MR) is 73.3 cm³/mol. The number of nitrogens with one attached hydrogen (secondary N) is 1. The molecule has 0 aromatic heterocycles. The lowest BCUT2D eigenvalue weighted by atomic mass is 9.94. The fraction of sp³-hybridized carbons (Fsp3) is 0.929. The molecule has 4 heteroatoms. The molecule has 1 fully saturated rings. The van der Waals surface area contributed by atoms with E-state index >= 15 is 0 Å². The Balaban J connectivity index is 2.17. The van der Waals surface area contributed by atoms with E-state index in [0.717, 1.165) is 38.7 Å². The first-order chi connectivity index (χ1) is 8.59. The molecule has 18 heavy (non-hydrogen) atoms. The van der Waals surface area contributed by atoms with Crippen molar-refractivity contribution in [2.75, 3.05) is 13.2 Å². The summed E-state index contributed by atoms with van der Waals surface area (Å²) in [5, 5.41) is 2.95. The van der Waals surface area contributed by atoms with Crippen molar-refractivity contribution in [3.05, 3.63) is 0 Å². The van der Waals surface area contributed by atoms with E-state index in [2.05, 4.69) is 19.2 Å². The molecule has 1 saturated heterocycles. The third-order valence-electron chi connectivity index (χ3n) is 4.01. The van der Waals surface area contributed by atoms with Gasteiger partial charge in [-0.15, -0.1) is 0 Å². The first-order valence-electron chi connectivity index (χ1n) is 7.27. The number of rotatable bonds is 7. The molecule has 0 saturated carbocycles. The van der Waals surface area contributed by atoms with Crippen LogP contribution in [-0.4, -0.2) is 30.7 Å². The molecule has 0 spiro atoms. The van der Waals surface area contributed by atoms with Crippen LogP contribution in [0.4, 0.5) is 0 Å². The Morgan fingerprint density at radius 2 is 2.11 bits per heavy atom. The third kappa shape index (κ3) is 5.36. The monoisotopic (exact) mass is 256 g/mol. The van der Waals surface area contributed by atoms with E-state index in [0.29, 0.717) is 13.0 Å². The Morgan fingerprint density at radius 1 is 1.39 bits per heavy atom. The van der Waals surface area contributed by atoms with E-state index in [-0.39, 0.29) is 17.6 Å². The van der Waals surface area contributed by atoms with Gasteiger partial charge in [-0.2, -0.15) is 0 Å². The zero-order valence-corrected chi connectivity index (χ0v) is 11.8. The minimum Gasteiger partial charge on any atom is -0.378 e. The SMILES string of the molecule is CCC(N)(CC)CNC(=O)CCC1CCCCO1. The van der Waals surface area contributed by atoms with Crippen molar-refractivity contribution in [2.45, 2.75) is 70.4 Å². The van der Waals surface area contributed by atoms with Gasteiger partial charge in [0.15, 0.2) is 0 Å². The fourth-order valence-electron chi connectivity index (χ4n) is 2.19. The van der Waals surface area contributed by atoms with Gasteiger partial charge >= 0.3 is 0 Å².